The van der Waals surface area contributed by atoms with Gasteiger partial charge in [0.25, 0.3) is 5.91 Å². The maximum absolute atomic E-state index is 12.8. The largest absolute Gasteiger partial charge is 0.543 e. The first-order valence-electron chi connectivity index (χ1n) is 11.4. The van der Waals surface area contributed by atoms with E-state index in [0.717, 1.165) is 15.7 Å². The van der Waals surface area contributed by atoms with Crippen LogP contribution >= 0.6 is 23.5 Å². The van der Waals surface area contributed by atoms with Crippen molar-refractivity contribution in [3.8, 4) is 0 Å². The Morgan fingerprint density at radius 1 is 1.11 bits per heavy atom. The zero-order chi connectivity index (χ0) is 25.1. The number of carboxylic acids is 1. The number of carbonyl (C=O) groups is 3. The van der Waals surface area contributed by atoms with Crippen molar-refractivity contribution in [2.75, 3.05) is 11.5 Å². The minimum absolute atomic E-state index is 0.117. The van der Waals surface area contributed by atoms with E-state index in [1.165, 1.54) is 28.4 Å². The minimum atomic E-state index is -1.39. The second kappa shape index (κ2) is 10.6. The van der Waals surface area contributed by atoms with Crippen LogP contribution in [0.3, 0.4) is 0 Å². The zero-order valence-corrected chi connectivity index (χ0v) is 20.8. The summed E-state index contributed by atoms with van der Waals surface area (Å²) in [6.07, 6.45) is 7.41. The third-order valence-electron chi connectivity index (χ3n) is 6.01. The number of carboxylic acid groups (broad SMARTS) is 1. The molecule has 2 aromatic carbocycles. The van der Waals surface area contributed by atoms with Crippen LogP contribution in [-0.2, 0) is 20.9 Å². The van der Waals surface area contributed by atoms with Gasteiger partial charge in [-0.1, -0.05) is 42.5 Å². The van der Waals surface area contributed by atoms with Crippen LogP contribution in [0.15, 0.2) is 101 Å². The Balaban J connectivity index is 1.21. The molecule has 0 bridgehead atoms. The number of amides is 2. The number of fused-ring (bicyclic) bond motifs is 2. The standard InChI is InChI=1S/C27H23N3O4S2/c31-22(17-35-21-11-10-18-7-2-3-8-19(18)15-21)28-23-25(32)30-24(27(33)34)20(16-36-26(23)30)9-6-14-29-12-4-1-5-13-29/h1-13,15,23,26H,14,16-17H2,(H-,28,31,33,34)/b9-6+/t23-,26-/m1/s1. The number of rotatable bonds is 8. The summed E-state index contributed by atoms with van der Waals surface area (Å²) in [4.78, 5) is 39.6. The average molecular weight is 518 g/mol. The van der Waals surface area contributed by atoms with Crippen LogP contribution in [0.1, 0.15) is 0 Å². The predicted molar refractivity (Wildman–Crippen MR) is 138 cm³/mol. The number of allylic oxidation sites excluding steroid dienone is 2. The van der Waals surface area contributed by atoms with Gasteiger partial charge < -0.3 is 15.2 Å². The van der Waals surface area contributed by atoms with Gasteiger partial charge in [0.2, 0.25) is 5.91 Å². The molecule has 2 amide bonds. The van der Waals surface area contributed by atoms with Gasteiger partial charge in [-0.05, 0) is 34.6 Å². The quantitative estimate of drug-likeness (QED) is 0.279. The molecule has 9 heteroatoms. The Labute approximate surface area is 216 Å². The van der Waals surface area contributed by atoms with E-state index < -0.39 is 23.3 Å². The minimum Gasteiger partial charge on any atom is -0.543 e. The number of β-lactam (4-membered cyclic amide) rings is 1. The Morgan fingerprint density at radius 3 is 2.67 bits per heavy atom. The molecule has 36 heavy (non-hydrogen) atoms. The molecule has 3 heterocycles. The molecule has 0 unspecified atom stereocenters. The molecule has 1 fully saturated rings. The number of hydrogen-bond donors (Lipinski definition) is 1. The van der Waals surface area contributed by atoms with E-state index in [9.17, 15) is 19.5 Å². The van der Waals surface area contributed by atoms with Crippen molar-refractivity contribution in [2.45, 2.75) is 22.9 Å². The number of aliphatic carboxylic acids is 1. The highest BCUT2D eigenvalue weighted by atomic mass is 32.2. The van der Waals surface area contributed by atoms with Crippen LogP contribution in [0.5, 0.6) is 0 Å². The fraction of sp³-hybridized carbons (Fsp3) is 0.185. The highest BCUT2D eigenvalue weighted by Crippen LogP contribution is 2.40. The lowest BCUT2D eigenvalue weighted by atomic mass is 10.0. The third-order valence-corrected chi connectivity index (χ3v) is 8.31. The van der Waals surface area contributed by atoms with E-state index in [0.29, 0.717) is 17.9 Å². The number of benzene rings is 2. The molecule has 7 nitrogen and oxygen atoms in total. The van der Waals surface area contributed by atoms with Crippen LogP contribution in [0, 0.1) is 0 Å². The van der Waals surface area contributed by atoms with Gasteiger partial charge in [-0.2, -0.15) is 0 Å². The molecular formula is C27H23N3O4S2. The van der Waals surface area contributed by atoms with Crippen molar-refractivity contribution < 1.29 is 24.1 Å². The zero-order valence-electron chi connectivity index (χ0n) is 19.2. The fourth-order valence-electron chi connectivity index (χ4n) is 4.25. The molecular weight excluding hydrogens is 494 g/mol. The number of thioether (sulfide) groups is 2. The normalized spacial score (nSPS) is 19.3. The molecule has 1 saturated heterocycles. The summed E-state index contributed by atoms with van der Waals surface area (Å²) in [7, 11) is 0. The van der Waals surface area contributed by atoms with Gasteiger partial charge in [-0.15, -0.1) is 23.5 Å². The van der Waals surface area contributed by atoms with Crippen molar-refractivity contribution in [1.82, 2.24) is 10.2 Å². The lowest BCUT2D eigenvalue weighted by Gasteiger charge is -2.50. The second-order valence-corrected chi connectivity index (χ2v) is 10.5. The first-order valence-corrected chi connectivity index (χ1v) is 13.5. The Hall–Kier alpha value is -3.56. The van der Waals surface area contributed by atoms with Gasteiger partial charge in [0.15, 0.2) is 18.9 Å². The lowest BCUT2D eigenvalue weighted by molar-refractivity contribution is -0.687. The summed E-state index contributed by atoms with van der Waals surface area (Å²) in [5, 5.41) is 16.5. The van der Waals surface area contributed by atoms with Crippen LogP contribution in [-0.4, -0.2) is 45.6 Å². The van der Waals surface area contributed by atoms with Gasteiger partial charge in [0.1, 0.15) is 11.4 Å². The van der Waals surface area contributed by atoms with Crippen molar-refractivity contribution in [2.24, 2.45) is 0 Å². The van der Waals surface area contributed by atoms with E-state index in [2.05, 4.69) is 5.32 Å². The second-order valence-electron chi connectivity index (χ2n) is 8.39. The van der Waals surface area contributed by atoms with Crippen LogP contribution < -0.4 is 15.0 Å². The summed E-state index contributed by atoms with van der Waals surface area (Å²) in [5.74, 6) is -1.52. The van der Waals surface area contributed by atoms with Gasteiger partial charge in [0.05, 0.1) is 17.4 Å². The molecule has 3 aromatic rings. The molecule has 0 spiro atoms. The first-order chi connectivity index (χ1) is 17.5. The van der Waals surface area contributed by atoms with Crippen LogP contribution in [0.25, 0.3) is 10.8 Å². The summed E-state index contributed by atoms with van der Waals surface area (Å²) in [6.45, 7) is 0.570. The lowest BCUT2D eigenvalue weighted by Crippen LogP contribution is -2.71. The van der Waals surface area contributed by atoms with Crippen molar-refractivity contribution in [1.29, 1.82) is 0 Å². The van der Waals surface area contributed by atoms with E-state index in [-0.39, 0.29) is 17.4 Å². The Kier molecular flexibility index (Phi) is 7.11. The number of nitrogens with one attached hydrogen (secondary N) is 1. The number of nitrogens with zero attached hydrogens (tertiary/aromatic N) is 2. The molecule has 1 aromatic heterocycles. The van der Waals surface area contributed by atoms with Gasteiger partial charge in [0, 0.05) is 22.8 Å². The number of aromatic nitrogens is 1. The van der Waals surface area contributed by atoms with Crippen molar-refractivity contribution in [3.63, 3.8) is 0 Å². The average Bonchev–Trinajstić information content (AvgIpc) is 2.90. The summed E-state index contributed by atoms with van der Waals surface area (Å²) >= 11 is 2.83. The van der Waals surface area contributed by atoms with Gasteiger partial charge in [-0.3, -0.25) is 14.5 Å². The molecule has 182 valence electrons. The molecule has 2 aliphatic rings. The molecule has 5 rings (SSSR count). The summed E-state index contributed by atoms with van der Waals surface area (Å²) in [6, 6.07) is 19.0. The maximum Gasteiger partial charge on any atom is 0.253 e. The van der Waals surface area contributed by atoms with E-state index in [1.807, 2.05) is 83.7 Å². The van der Waals surface area contributed by atoms with Gasteiger partial charge in [-0.25, -0.2) is 4.57 Å². The molecule has 1 N–H and O–H groups in total. The van der Waals surface area contributed by atoms with Gasteiger partial charge >= 0.3 is 0 Å². The number of hydrogen-bond acceptors (Lipinski definition) is 6. The highest BCUT2D eigenvalue weighted by molar-refractivity contribution is 8.00. The van der Waals surface area contributed by atoms with E-state index >= 15 is 0 Å². The van der Waals surface area contributed by atoms with Crippen LogP contribution in [0.4, 0.5) is 0 Å². The highest BCUT2D eigenvalue weighted by Gasteiger charge is 2.52. The summed E-state index contributed by atoms with van der Waals surface area (Å²) in [5.41, 5.74) is 0.409. The Bertz CT molecular complexity index is 1390. The SMILES string of the molecule is O=C(CSc1ccc2ccccc2c1)N[C@@H]1C(=O)N2C(C(=O)[O-])=C(/C=C/C[n+]3ccccc3)CS[C@H]12. The topological polar surface area (TPSA) is 93.4 Å². The number of carbonyl (C=O) groups excluding carboxylic acids is 3. The molecule has 0 radical (unpaired) electrons. The van der Waals surface area contributed by atoms with E-state index in [1.54, 1.807) is 6.08 Å². The molecule has 2 atom stereocenters. The van der Waals surface area contributed by atoms with Crippen molar-refractivity contribution in [3.05, 3.63) is 96.5 Å². The number of pyridine rings is 1. The maximum atomic E-state index is 12.8. The van der Waals surface area contributed by atoms with Crippen LogP contribution in [0.2, 0.25) is 0 Å². The third kappa shape index (κ3) is 5.03. The molecule has 0 saturated carbocycles. The smallest absolute Gasteiger partial charge is 0.253 e. The van der Waals surface area contributed by atoms with Crippen molar-refractivity contribution >= 4 is 52.1 Å². The van der Waals surface area contributed by atoms with E-state index in [4.69, 9.17) is 0 Å². The molecule has 2 aliphatic heterocycles. The first kappa shape index (κ1) is 24.1. The molecule has 0 aliphatic carbocycles. The monoisotopic (exact) mass is 517 g/mol. The summed E-state index contributed by atoms with van der Waals surface area (Å²) < 4.78 is 1.95. The fourth-order valence-corrected chi connectivity index (χ4v) is 6.33. The predicted octanol–water partition coefficient (Wildman–Crippen LogP) is 1.88. The Morgan fingerprint density at radius 2 is 1.89 bits per heavy atom.